The van der Waals surface area contributed by atoms with Gasteiger partial charge >= 0.3 is 17.9 Å². The Kier molecular flexibility index (Phi) is 8.39. The van der Waals surface area contributed by atoms with Crippen LogP contribution >= 0.6 is 15.9 Å². The molecule has 2 aromatic carbocycles. The zero-order valence-corrected chi connectivity index (χ0v) is 22.6. The van der Waals surface area contributed by atoms with Crippen LogP contribution < -0.4 is 9.47 Å². The van der Waals surface area contributed by atoms with Crippen molar-refractivity contribution >= 4 is 33.8 Å². The highest BCUT2D eigenvalue weighted by Crippen LogP contribution is 2.39. The number of carbonyl (C=O) groups excluding carboxylic acids is 3. The van der Waals surface area contributed by atoms with Gasteiger partial charge in [0.15, 0.2) is 29.8 Å². The van der Waals surface area contributed by atoms with Gasteiger partial charge in [0.2, 0.25) is 0 Å². The van der Waals surface area contributed by atoms with Gasteiger partial charge in [0.05, 0.1) is 6.10 Å². The highest BCUT2D eigenvalue weighted by Gasteiger charge is 2.50. The largest absolute Gasteiger partial charge is 0.486 e. The van der Waals surface area contributed by atoms with E-state index in [1.807, 2.05) is 36.4 Å². The summed E-state index contributed by atoms with van der Waals surface area (Å²) >= 11 is 3.63. The maximum Gasteiger partial charge on any atom is 0.303 e. The SMILES string of the molecule is CC(=O)OC1[C@@H](C)O[C@@H](c2ccc(Br)c(Cc3ccc4c(c3)OCCO4)c2)[C@H](OC(C)=O)[C@H]1OC(C)=O. The van der Waals surface area contributed by atoms with E-state index in [1.54, 1.807) is 6.92 Å². The third-order valence-corrected chi connectivity index (χ3v) is 6.85. The lowest BCUT2D eigenvalue weighted by atomic mass is 9.89. The number of carbonyl (C=O) groups is 3. The van der Waals surface area contributed by atoms with Gasteiger partial charge in [-0.15, -0.1) is 0 Å². The minimum absolute atomic E-state index is 0.502. The van der Waals surface area contributed by atoms with Crippen molar-refractivity contribution in [1.29, 1.82) is 0 Å². The van der Waals surface area contributed by atoms with E-state index in [0.29, 0.717) is 30.9 Å². The lowest BCUT2D eigenvalue weighted by Gasteiger charge is -2.44. The van der Waals surface area contributed by atoms with Crippen molar-refractivity contribution in [3.05, 3.63) is 57.6 Å². The summed E-state index contributed by atoms with van der Waals surface area (Å²) in [6.45, 7) is 6.50. The van der Waals surface area contributed by atoms with E-state index in [1.165, 1.54) is 20.8 Å². The van der Waals surface area contributed by atoms with Crippen molar-refractivity contribution in [3.8, 4) is 11.5 Å². The molecule has 0 aliphatic carbocycles. The summed E-state index contributed by atoms with van der Waals surface area (Å²) in [5.41, 5.74) is 2.69. The first-order valence-corrected chi connectivity index (χ1v) is 12.8. The fourth-order valence-electron chi connectivity index (χ4n) is 4.61. The van der Waals surface area contributed by atoms with Crippen molar-refractivity contribution < 1.29 is 42.8 Å². The molecule has 10 heteroatoms. The van der Waals surface area contributed by atoms with Crippen molar-refractivity contribution in [2.75, 3.05) is 13.2 Å². The van der Waals surface area contributed by atoms with Crippen LogP contribution in [0.15, 0.2) is 40.9 Å². The summed E-state index contributed by atoms with van der Waals surface area (Å²) in [6.07, 6.45) is -3.88. The average molecular weight is 577 g/mol. The number of hydrogen-bond acceptors (Lipinski definition) is 9. The van der Waals surface area contributed by atoms with Gasteiger partial charge in [0.25, 0.3) is 0 Å². The average Bonchev–Trinajstić information content (AvgIpc) is 2.83. The summed E-state index contributed by atoms with van der Waals surface area (Å²) in [5.74, 6) is -0.322. The minimum atomic E-state index is -1.05. The number of benzene rings is 2. The highest BCUT2D eigenvalue weighted by atomic mass is 79.9. The van der Waals surface area contributed by atoms with Crippen LogP contribution in [-0.2, 0) is 39.8 Å². The van der Waals surface area contributed by atoms with E-state index in [2.05, 4.69) is 15.9 Å². The number of rotatable bonds is 6. The molecule has 9 nitrogen and oxygen atoms in total. The van der Waals surface area contributed by atoms with Crippen LogP contribution in [0, 0.1) is 0 Å². The quantitative estimate of drug-likeness (QED) is 0.371. The number of ether oxygens (including phenoxy) is 6. The topological polar surface area (TPSA) is 107 Å². The molecule has 4 rings (SSSR count). The van der Waals surface area contributed by atoms with Gasteiger partial charge in [0, 0.05) is 25.2 Å². The molecule has 2 aliphatic heterocycles. The molecule has 1 unspecified atom stereocenters. The molecule has 37 heavy (non-hydrogen) atoms. The third kappa shape index (κ3) is 6.42. The molecule has 2 heterocycles. The molecule has 0 spiro atoms. The molecule has 1 saturated heterocycles. The molecule has 5 atom stereocenters. The first-order chi connectivity index (χ1) is 17.6. The lowest BCUT2D eigenvalue weighted by molar-refractivity contribution is -0.245. The Morgan fingerprint density at radius 1 is 0.838 bits per heavy atom. The normalized spacial score (nSPS) is 24.6. The molecule has 0 radical (unpaired) electrons. The zero-order valence-electron chi connectivity index (χ0n) is 21.0. The number of fused-ring (bicyclic) bond motifs is 1. The monoisotopic (exact) mass is 576 g/mol. The van der Waals surface area contributed by atoms with Gasteiger partial charge in [-0.2, -0.15) is 0 Å². The number of hydrogen-bond donors (Lipinski definition) is 0. The summed E-state index contributed by atoms with van der Waals surface area (Å²) in [4.78, 5) is 35.8. The van der Waals surface area contributed by atoms with E-state index in [9.17, 15) is 14.4 Å². The Morgan fingerprint density at radius 3 is 2.14 bits per heavy atom. The van der Waals surface area contributed by atoms with Crippen LogP contribution in [0.5, 0.6) is 11.5 Å². The molecule has 2 aromatic rings. The fraction of sp³-hybridized carbons (Fsp3) is 0.444. The molecule has 2 aliphatic rings. The number of esters is 3. The Morgan fingerprint density at radius 2 is 1.46 bits per heavy atom. The van der Waals surface area contributed by atoms with Gasteiger partial charge < -0.3 is 28.4 Å². The Balaban J connectivity index is 1.67. The van der Waals surface area contributed by atoms with Crippen LogP contribution in [0.25, 0.3) is 0 Å². The minimum Gasteiger partial charge on any atom is -0.486 e. The molecule has 0 amide bonds. The first kappa shape index (κ1) is 26.9. The molecule has 1 fully saturated rings. The predicted molar refractivity (Wildman–Crippen MR) is 134 cm³/mol. The van der Waals surface area contributed by atoms with Gasteiger partial charge in [-0.05, 0) is 48.2 Å². The summed E-state index contributed by atoms with van der Waals surface area (Å²) in [7, 11) is 0. The second-order valence-corrected chi connectivity index (χ2v) is 9.84. The fourth-order valence-corrected chi connectivity index (χ4v) is 4.99. The second-order valence-electron chi connectivity index (χ2n) is 8.99. The van der Waals surface area contributed by atoms with Crippen molar-refractivity contribution in [2.45, 2.75) is 64.6 Å². The smallest absolute Gasteiger partial charge is 0.303 e. The molecular formula is C27H29BrO9. The van der Waals surface area contributed by atoms with Crippen LogP contribution in [0.3, 0.4) is 0 Å². The van der Waals surface area contributed by atoms with Gasteiger partial charge in [-0.3, -0.25) is 14.4 Å². The van der Waals surface area contributed by atoms with E-state index in [4.69, 9.17) is 28.4 Å². The Bertz CT molecular complexity index is 1180. The molecule has 0 aromatic heterocycles. The van der Waals surface area contributed by atoms with Crippen molar-refractivity contribution in [1.82, 2.24) is 0 Å². The molecule has 0 saturated carbocycles. The van der Waals surface area contributed by atoms with Crippen LogP contribution in [0.2, 0.25) is 0 Å². The molecule has 0 N–H and O–H groups in total. The second kappa shape index (κ2) is 11.5. The summed E-state index contributed by atoms with van der Waals surface area (Å²) < 4.78 is 35.0. The Hall–Kier alpha value is -3.11. The Labute approximate surface area is 223 Å². The predicted octanol–water partition coefficient (Wildman–Crippen LogP) is 4.07. The van der Waals surface area contributed by atoms with E-state index >= 15 is 0 Å². The molecule has 0 bridgehead atoms. The van der Waals surface area contributed by atoms with E-state index in [0.717, 1.165) is 21.3 Å². The van der Waals surface area contributed by atoms with E-state index in [-0.39, 0.29) is 0 Å². The van der Waals surface area contributed by atoms with Crippen molar-refractivity contribution in [2.24, 2.45) is 0 Å². The van der Waals surface area contributed by atoms with Crippen LogP contribution in [0.1, 0.15) is 50.5 Å². The first-order valence-electron chi connectivity index (χ1n) is 12.0. The van der Waals surface area contributed by atoms with E-state index < -0.39 is 48.4 Å². The number of halogens is 1. The van der Waals surface area contributed by atoms with Gasteiger partial charge in [-0.25, -0.2) is 0 Å². The molecular weight excluding hydrogens is 548 g/mol. The summed E-state index contributed by atoms with van der Waals surface area (Å²) in [6, 6.07) is 11.5. The van der Waals surface area contributed by atoms with Gasteiger partial charge in [-0.1, -0.05) is 34.1 Å². The van der Waals surface area contributed by atoms with Crippen LogP contribution in [-0.4, -0.2) is 55.5 Å². The summed E-state index contributed by atoms with van der Waals surface area (Å²) in [5, 5.41) is 0. The maximum absolute atomic E-state index is 12.1. The highest BCUT2D eigenvalue weighted by molar-refractivity contribution is 9.10. The standard InChI is InChI=1S/C27H29BrO9/c1-14-24(35-15(2)29)26(36-16(3)30)27(37-17(4)31)25(34-14)19-6-7-21(28)20(13-19)11-18-5-8-22-23(12-18)33-10-9-32-22/h5-8,12-14,24-27H,9-11H2,1-4H3/t14-,24?,25+,26+,27+/m1/s1. The van der Waals surface area contributed by atoms with Gasteiger partial charge in [0.1, 0.15) is 19.3 Å². The maximum atomic E-state index is 12.1. The zero-order chi connectivity index (χ0) is 26.7. The lowest BCUT2D eigenvalue weighted by Crippen LogP contribution is -2.57. The third-order valence-electron chi connectivity index (χ3n) is 6.08. The van der Waals surface area contributed by atoms with Crippen LogP contribution in [0.4, 0.5) is 0 Å². The molecule has 198 valence electrons. The van der Waals surface area contributed by atoms with Crippen molar-refractivity contribution in [3.63, 3.8) is 0 Å².